The number of fused-ring (bicyclic) bond motifs is 12. The van der Waals surface area contributed by atoms with E-state index in [4.69, 9.17) is 4.74 Å². The van der Waals surface area contributed by atoms with Gasteiger partial charge in [0.05, 0.1) is 16.8 Å². The van der Waals surface area contributed by atoms with Crippen LogP contribution in [0.15, 0.2) is 237 Å². The van der Waals surface area contributed by atoms with Crippen molar-refractivity contribution in [3.8, 4) is 67.1 Å². The highest BCUT2D eigenvalue weighted by Gasteiger charge is 2.51. The van der Waals surface area contributed by atoms with E-state index < -0.39 is 5.41 Å². The van der Waals surface area contributed by atoms with Crippen molar-refractivity contribution < 1.29 is 4.74 Å². The van der Waals surface area contributed by atoms with Gasteiger partial charge in [-0.25, -0.2) is 0 Å². The standard InChI is InChI=1S/C64H45NO/c1-63(2)53-25-11-6-22-49(53)52-38-34-44(40-57(52)63)42-32-36-46(37-33-42)65(59-29-15-9-20-47(59)43-18-4-3-5-19-43)60-30-16-10-21-48(60)45-35-39-62-58(41-45)64(56-28-14-17-31-61(56)66-62)54-26-12-7-23-50(54)51-24-8-13-27-55(51)64/h3-41H,1-2H3. The zero-order valence-corrected chi connectivity index (χ0v) is 36.9. The molecule has 312 valence electrons. The molecular weight excluding hydrogens is 799 g/mol. The average molecular weight is 844 g/mol. The normalized spacial score (nSPS) is 14.0. The van der Waals surface area contributed by atoms with Crippen LogP contribution >= 0.6 is 0 Å². The summed E-state index contributed by atoms with van der Waals surface area (Å²) in [7, 11) is 0. The van der Waals surface area contributed by atoms with Gasteiger partial charge in [-0.1, -0.05) is 202 Å². The Balaban J connectivity index is 0.987. The summed E-state index contributed by atoms with van der Waals surface area (Å²) < 4.78 is 6.86. The van der Waals surface area contributed by atoms with Crippen molar-refractivity contribution in [1.82, 2.24) is 0 Å². The van der Waals surface area contributed by atoms with Gasteiger partial charge in [-0.2, -0.15) is 0 Å². The monoisotopic (exact) mass is 843 g/mol. The Labute approximate surface area is 386 Å². The molecule has 0 unspecified atom stereocenters. The topological polar surface area (TPSA) is 12.5 Å². The van der Waals surface area contributed by atoms with Gasteiger partial charge in [0.25, 0.3) is 0 Å². The number of anilines is 3. The highest BCUT2D eigenvalue weighted by molar-refractivity contribution is 5.95. The Hall–Kier alpha value is -8.20. The molecule has 0 saturated heterocycles. The van der Waals surface area contributed by atoms with Crippen LogP contribution in [0.5, 0.6) is 11.5 Å². The highest BCUT2D eigenvalue weighted by Crippen LogP contribution is 2.62. The number of rotatable bonds is 6. The molecule has 0 saturated carbocycles. The second-order valence-electron chi connectivity index (χ2n) is 18.4. The number of nitrogens with zero attached hydrogens (tertiary/aromatic N) is 1. The zero-order valence-electron chi connectivity index (χ0n) is 36.9. The van der Waals surface area contributed by atoms with Crippen molar-refractivity contribution in [1.29, 1.82) is 0 Å². The minimum Gasteiger partial charge on any atom is -0.457 e. The maximum absolute atomic E-state index is 6.86. The van der Waals surface area contributed by atoms with Crippen LogP contribution in [0, 0.1) is 0 Å². The zero-order chi connectivity index (χ0) is 44.0. The van der Waals surface area contributed by atoms with Gasteiger partial charge in [0.1, 0.15) is 11.5 Å². The molecule has 0 amide bonds. The summed E-state index contributed by atoms with van der Waals surface area (Å²) >= 11 is 0. The van der Waals surface area contributed by atoms with Crippen molar-refractivity contribution in [2.75, 3.05) is 4.90 Å². The van der Waals surface area contributed by atoms with Crippen LogP contribution in [0.4, 0.5) is 17.1 Å². The van der Waals surface area contributed by atoms with E-state index in [0.29, 0.717) is 0 Å². The SMILES string of the molecule is CC1(C)c2ccccc2-c2ccc(-c3ccc(N(c4ccccc4-c4ccccc4)c4ccccc4-c4ccc5c(c4)C4(c6ccccc6O5)c5ccccc5-c5ccccc54)cc3)cc21. The molecule has 2 heteroatoms. The van der Waals surface area contributed by atoms with E-state index in [9.17, 15) is 0 Å². The first kappa shape index (κ1) is 38.3. The molecule has 0 aromatic heterocycles. The van der Waals surface area contributed by atoms with E-state index in [0.717, 1.165) is 56.4 Å². The predicted octanol–water partition coefficient (Wildman–Crippen LogP) is 16.9. The van der Waals surface area contributed by atoms with Crippen LogP contribution in [-0.4, -0.2) is 0 Å². The number of benzene rings is 10. The fourth-order valence-corrected chi connectivity index (χ4v) is 11.6. The first-order chi connectivity index (χ1) is 32.5. The number of para-hydroxylation sites is 3. The largest absolute Gasteiger partial charge is 0.457 e. The number of ether oxygens (including phenoxy) is 1. The first-order valence-corrected chi connectivity index (χ1v) is 23.0. The molecule has 3 aliphatic rings. The van der Waals surface area contributed by atoms with Crippen molar-refractivity contribution in [2.24, 2.45) is 0 Å². The molecule has 13 rings (SSSR count). The highest BCUT2D eigenvalue weighted by atomic mass is 16.5. The smallest absolute Gasteiger partial charge is 0.132 e. The quantitative estimate of drug-likeness (QED) is 0.165. The lowest BCUT2D eigenvalue weighted by atomic mass is 9.66. The van der Waals surface area contributed by atoms with Gasteiger partial charge in [0.15, 0.2) is 0 Å². The summed E-state index contributed by atoms with van der Waals surface area (Å²) in [5, 5.41) is 0. The first-order valence-electron chi connectivity index (χ1n) is 23.0. The molecule has 0 atom stereocenters. The Morgan fingerprint density at radius 1 is 0.303 bits per heavy atom. The second-order valence-corrected chi connectivity index (χ2v) is 18.4. The molecule has 66 heavy (non-hydrogen) atoms. The number of hydrogen-bond donors (Lipinski definition) is 0. The molecule has 2 nitrogen and oxygen atoms in total. The molecule has 0 bridgehead atoms. The Kier molecular flexibility index (Phi) is 8.51. The molecular formula is C64H45NO. The summed E-state index contributed by atoms with van der Waals surface area (Å²) in [5.74, 6) is 1.77. The summed E-state index contributed by atoms with van der Waals surface area (Å²) in [6.45, 7) is 4.70. The maximum Gasteiger partial charge on any atom is 0.132 e. The molecule has 10 aromatic carbocycles. The van der Waals surface area contributed by atoms with Crippen LogP contribution in [0.2, 0.25) is 0 Å². The Morgan fingerprint density at radius 3 is 1.42 bits per heavy atom. The summed E-state index contributed by atoms with van der Waals surface area (Å²) in [5.41, 5.74) is 22.5. The average Bonchev–Trinajstić information content (AvgIpc) is 3.80. The van der Waals surface area contributed by atoms with Crippen LogP contribution in [0.3, 0.4) is 0 Å². The lowest BCUT2D eigenvalue weighted by molar-refractivity contribution is 0.436. The fraction of sp³-hybridized carbons (Fsp3) is 0.0625. The third kappa shape index (κ3) is 5.55. The summed E-state index contributed by atoms with van der Waals surface area (Å²) in [6, 6.07) is 86.8. The molecule has 0 N–H and O–H groups in total. The van der Waals surface area contributed by atoms with Crippen LogP contribution in [0.1, 0.15) is 47.2 Å². The molecule has 10 aromatic rings. The van der Waals surface area contributed by atoms with E-state index >= 15 is 0 Å². The lowest BCUT2D eigenvalue weighted by Crippen LogP contribution is -2.32. The van der Waals surface area contributed by atoms with E-state index in [-0.39, 0.29) is 5.41 Å². The summed E-state index contributed by atoms with van der Waals surface area (Å²) in [4.78, 5) is 2.45. The van der Waals surface area contributed by atoms with Crippen molar-refractivity contribution in [3.63, 3.8) is 0 Å². The number of hydrogen-bond acceptors (Lipinski definition) is 2. The minimum atomic E-state index is -0.562. The van der Waals surface area contributed by atoms with Gasteiger partial charge in [0, 0.05) is 33.4 Å². The van der Waals surface area contributed by atoms with E-state index in [1.54, 1.807) is 0 Å². The molecule has 0 radical (unpaired) electrons. The van der Waals surface area contributed by atoms with Gasteiger partial charge in [0.2, 0.25) is 0 Å². The lowest BCUT2D eigenvalue weighted by Gasteiger charge is -2.39. The molecule has 1 spiro atoms. The second kappa shape index (κ2) is 14.7. The third-order valence-electron chi connectivity index (χ3n) is 14.6. The van der Waals surface area contributed by atoms with Crippen molar-refractivity contribution in [3.05, 3.63) is 270 Å². The van der Waals surface area contributed by atoms with Gasteiger partial charge < -0.3 is 9.64 Å². The van der Waals surface area contributed by atoms with Gasteiger partial charge in [-0.15, -0.1) is 0 Å². The molecule has 0 fully saturated rings. The minimum absolute atomic E-state index is 0.0695. The van der Waals surface area contributed by atoms with Crippen molar-refractivity contribution in [2.45, 2.75) is 24.7 Å². The maximum atomic E-state index is 6.86. The third-order valence-corrected chi connectivity index (χ3v) is 14.6. The predicted molar refractivity (Wildman–Crippen MR) is 272 cm³/mol. The van der Waals surface area contributed by atoms with Gasteiger partial charge in [-0.3, -0.25) is 0 Å². The Bertz CT molecular complexity index is 3500. The fourth-order valence-electron chi connectivity index (χ4n) is 11.6. The van der Waals surface area contributed by atoms with Gasteiger partial charge in [-0.05, 0) is 115 Å². The molecule has 1 aliphatic heterocycles. The molecule has 1 heterocycles. The van der Waals surface area contributed by atoms with E-state index in [1.807, 2.05) is 0 Å². The summed E-state index contributed by atoms with van der Waals surface area (Å²) in [6.07, 6.45) is 0. The van der Waals surface area contributed by atoms with Crippen LogP contribution in [-0.2, 0) is 10.8 Å². The van der Waals surface area contributed by atoms with E-state index in [1.165, 1.54) is 61.2 Å². The van der Waals surface area contributed by atoms with E-state index in [2.05, 4.69) is 255 Å². The van der Waals surface area contributed by atoms with Crippen LogP contribution < -0.4 is 9.64 Å². The van der Waals surface area contributed by atoms with Gasteiger partial charge >= 0.3 is 0 Å². The Morgan fingerprint density at radius 2 is 0.758 bits per heavy atom. The van der Waals surface area contributed by atoms with Crippen LogP contribution in [0.25, 0.3) is 55.6 Å². The molecule has 2 aliphatic carbocycles. The van der Waals surface area contributed by atoms with Crippen molar-refractivity contribution >= 4 is 17.1 Å².